The molecule has 11 heteroatoms. The number of rotatable bonds is 7. The fourth-order valence-electron chi connectivity index (χ4n) is 5.01. The molecule has 5 rings (SSSR count). The van der Waals surface area contributed by atoms with Gasteiger partial charge < -0.3 is 19.9 Å². The summed E-state index contributed by atoms with van der Waals surface area (Å²) >= 11 is 8.56. The van der Waals surface area contributed by atoms with Crippen LogP contribution in [0.15, 0.2) is 52.7 Å². The maximum absolute atomic E-state index is 13.7. The molecule has 1 N–H and O–H groups in total. The summed E-state index contributed by atoms with van der Waals surface area (Å²) in [6.07, 6.45) is 1.32. The number of nitrogens with zero attached hydrogens (tertiary/aromatic N) is 4. The summed E-state index contributed by atoms with van der Waals surface area (Å²) in [7, 11) is 1.65. The molecule has 1 fully saturated rings. The van der Waals surface area contributed by atoms with Gasteiger partial charge in [0.1, 0.15) is 11.6 Å². The average Bonchev–Trinajstić information content (AvgIpc) is 3.12. The third-order valence-electron chi connectivity index (χ3n) is 6.92. The van der Waals surface area contributed by atoms with Gasteiger partial charge in [-0.3, -0.25) is 9.36 Å². The van der Waals surface area contributed by atoms with E-state index >= 15 is 0 Å². The van der Waals surface area contributed by atoms with E-state index < -0.39 is 0 Å². The van der Waals surface area contributed by atoms with Crippen LogP contribution in [0, 0.1) is 5.82 Å². The van der Waals surface area contributed by atoms with Crippen LogP contribution >= 0.6 is 23.4 Å². The molecule has 0 bridgehead atoms. The van der Waals surface area contributed by atoms with Crippen molar-refractivity contribution in [1.82, 2.24) is 19.8 Å². The maximum atomic E-state index is 13.7. The van der Waals surface area contributed by atoms with E-state index in [0.717, 1.165) is 26.9 Å². The molecule has 1 atom stereocenters. The Bertz CT molecular complexity index is 1420. The number of methoxy groups -OCH3 is 1. The van der Waals surface area contributed by atoms with Crippen LogP contribution in [0.1, 0.15) is 0 Å². The lowest BCUT2D eigenvalue weighted by Crippen LogP contribution is -2.49. The monoisotopic (exact) mass is 557 g/mol. The van der Waals surface area contributed by atoms with Gasteiger partial charge in [0.2, 0.25) is 5.91 Å². The zero-order valence-electron chi connectivity index (χ0n) is 21.1. The Morgan fingerprint density at radius 2 is 2.03 bits per heavy atom. The van der Waals surface area contributed by atoms with Gasteiger partial charge in [-0.1, -0.05) is 30.3 Å². The van der Waals surface area contributed by atoms with E-state index in [0.29, 0.717) is 62.5 Å². The van der Waals surface area contributed by atoms with Crippen molar-refractivity contribution in [3.63, 3.8) is 0 Å². The number of aromatic nitrogens is 2. The highest BCUT2D eigenvalue weighted by Crippen LogP contribution is 2.45. The molecule has 3 heterocycles. The Kier molecular flexibility index (Phi) is 8.04. The highest BCUT2D eigenvalue weighted by atomic mass is 35.5. The lowest BCUT2D eigenvalue weighted by molar-refractivity contribution is -0.126. The van der Waals surface area contributed by atoms with E-state index in [1.165, 1.54) is 18.2 Å². The molecule has 2 aliphatic rings. The number of carbonyl (C=O) groups is 1. The highest BCUT2D eigenvalue weighted by Gasteiger charge is 2.29. The molecular weight excluding hydrogens is 529 g/mol. The molecule has 1 unspecified atom stereocenters. The molecular formula is C27H29ClFN5O3S. The molecule has 1 aromatic heterocycles. The van der Waals surface area contributed by atoms with Crippen molar-refractivity contribution in [3.8, 4) is 11.1 Å². The van der Waals surface area contributed by atoms with E-state index in [2.05, 4.69) is 16.9 Å². The molecule has 3 aromatic rings. The van der Waals surface area contributed by atoms with Crippen LogP contribution in [0.3, 0.4) is 0 Å². The third-order valence-corrected chi connectivity index (χ3v) is 8.47. The Morgan fingerprint density at radius 3 is 2.71 bits per heavy atom. The van der Waals surface area contributed by atoms with Gasteiger partial charge >= 0.3 is 5.69 Å². The van der Waals surface area contributed by atoms with Gasteiger partial charge in [-0.2, -0.15) is 4.98 Å². The molecule has 2 aliphatic heterocycles. The second-order valence-corrected chi connectivity index (χ2v) is 10.7. The predicted molar refractivity (Wildman–Crippen MR) is 150 cm³/mol. The molecule has 0 aliphatic carbocycles. The number of amides is 1. The van der Waals surface area contributed by atoms with Crippen LogP contribution in [0.4, 0.5) is 10.2 Å². The fourth-order valence-corrected chi connectivity index (χ4v) is 6.70. The van der Waals surface area contributed by atoms with Crippen LogP contribution in [0.5, 0.6) is 0 Å². The number of halogens is 2. The third kappa shape index (κ3) is 5.18. The Balaban J connectivity index is 1.64. The number of nitrogens with one attached hydrogen (secondary N) is 1. The molecule has 0 saturated carbocycles. The van der Waals surface area contributed by atoms with Crippen molar-refractivity contribution in [1.29, 1.82) is 0 Å². The number of ether oxygens (including phenoxy) is 1. The lowest BCUT2D eigenvalue weighted by atomic mass is 10.0. The van der Waals surface area contributed by atoms with Crippen molar-refractivity contribution in [2.75, 3.05) is 57.1 Å². The van der Waals surface area contributed by atoms with Crippen molar-refractivity contribution < 1.29 is 13.9 Å². The summed E-state index contributed by atoms with van der Waals surface area (Å²) in [5.41, 5.74) is 1.98. The highest BCUT2D eigenvalue weighted by molar-refractivity contribution is 7.99. The second kappa shape index (κ2) is 11.4. The summed E-state index contributed by atoms with van der Waals surface area (Å²) in [5.74, 6) is 0.823. The Hall–Kier alpha value is -2.92. The number of hydrogen-bond donors (Lipinski definition) is 1. The first-order chi connectivity index (χ1) is 18.4. The van der Waals surface area contributed by atoms with E-state index in [1.54, 1.807) is 40.5 Å². The lowest BCUT2D eigenvalue weighted by Gasteiger charge is -2.35. The molecule has 8 nitrogen and oxygen atoms in total. The van der Waals surface area contributed by atoms with Crippen molar-refractivity contribution in [2.45, 2.75) is 17.5 Å². The summed E-state index contributed by atoms with van der Waals surface area (Å²) in [6, 6.07) is 8.10. The van der Waals surface area contributed by atoms with Crippen molar-refractivity contribution >= 4 is 46.0 Å². The van der Waals surface area contributed by atoms with Crippen LogP contribution in [0.25, 0.3) is 22.0 Å². The normalized spacial score (nSPS) is 17.5. The molecule has 0 radical (unpaired) electrons. The van der Waals surface area contributed by atoms with E-state index in [4.69, 9.17) is 16.3 Å². The van der Waals surface area contributed by atoms with Gasteiger partial charge in [0, 0.05) is 74.0 Å². The fraction of sp³-hybridized carbons (Fsp3) is 0.370. The quantitative estimate of drug-likeness (QED) is 0.352. The second-order valence-electron chi connectivity index (χ2n) is 9.27. The number of piperazine rings is 1. The Labute approximate surface area is 229 Å². The Morgan fingerprint density at radius 1 is 1.29 bits per heavy atom. The first-order valence-electron chi connectivity index (χ1n) is 12.5. The molecule has 1 amide bonds. The zero-order chi connectivity index (χ0) is 26.8. The average molecular weight is 558 g/mol. The topological polar surface area (TPSA) is 79.7 Å². The van der Waals surface area contributed by atoms with Gasteiger partial charge in [0.25, 0.3) is 0 Å². The zero-order valence-corrected chi connectivity index (χ0v) is 22.7. The maximum Gasteiger partial charge on any atom is 0.350 e. The SMILES string of the molecule is C=CC(=O)N1CCN(c2nc(=O)n3c4c(c(-c5ccc(F)cc5)c(Cl)cc24)SCC(NCCOC)C3)CC1. The smallest absolute Gasteiger partial charge is 0.350 e. The van der Waals surface area contributed by atoms with Gasteiger partial charge in [0.15, 0.2) is 0 Å². The van der Waals surface area contributed by atoms with E-state index in [9.17, 15) is 14.0 Å². The minimum atomic E-state index is -0.341. The summed E-state index contributed by atoms with van der Waals surface area (Å²) in [6.45, 7) is 7.31. The standard InChI is InChI=1S/C27H29ClFN5O3S/c1-3-22(35)32-9-11-33(12-10-32)26-20-14-21(28)23(17-4-6-18(29)7-5-17)25-24(20)34(27(36)31-26)15-19(16-38-25)30-8-13-37-2/h3-7,14,19,30H,1,8-13,15-16H2,2H3. The summed E-state index contributed by atoms with van der Waals surface area (Å²) in [5, 5.41) is 4.76. The van der Waals surface area contributed by atoms with Gasteiger partial charge in [0.05, 0.1) is 17.1 Å². The van der Waals surface area contributed by atoms with E-state index in [-0.39, 0.29) is 23.5 Å². The first kappa shape index (κ1) is 26.7. The molecule has 38 heavy (non-hydrogen) atoms. The summed E-state index contributed by atoms with van der Waals surface area (Å²) < 4.78 is 20.7. The number of anilines is 1. The van der Waals surface area contributed by atoms with Crippen molar-refractivity contribution in [2.24, 2.45) is 0 Å². The van der Waals surface area contributed by atoms with Crippen LogP contribution < -0.4 is 15.9 Å². The van der Waals surface area contributed by atoms with Gasteiger partial charge in [-0.15, -0.1) is 11.8 Å². The molecule has 0 spiro atoms. The molecule has 200 valence electrons. The predicted octanol–water partition coefficient (Wildman–Crippen LogP) is 3.40. The molecule has 2 aromatic carbocycles. The summed E-state index contributed by atoms with van der Waals surface area (Å²) in [4.78, 5) is 34.8. The largest absolute Gasteiger partial charge is 0.383 e. The number of carbonyl (C=O) groups excluding carboxylic acids is 1. The van der Waals surface area contributed by atoms with Crippen molar-refractivity contribution in [3.05, 3.63) is 64.3 Å². The van der Waals surface area contributed by atoms with Crippen LogP contribution in [0.2, 0.25) is 5.02 Å². The van der Waals surface area contributed by atoms with E-state index in [1.807, 2.05) is 11.0 Å². The number of thioether (sulfide) groups is 1. The first-order valence-corrected chi connectivity index (χ1v) is 13.8. The van der Waals surface area contributed by atoms with Crippen LogP contribution in [-0.2, 0) is 16.1 Å². The van der Waals surface area contributed by atoms with Gasteiger partial charge in [-0.05, 0) is 29.8 Å². The number of hydrogen-bond acceptors (Lipinski definition) is 7. The number of benzene rings is 2. The van der Waals surface area contributed by atoms with Crippen LogP contribution in [-0.4, -0.2) is 78.6 Å². The minimum absolute atomic E-state index is 0.00408. The molecule has 1 saturated heterocycles. The van der Waals surface area contributed by atoms with Gasteiger partial charge in [-0.25, -0.2) is 9.18 Å². The minimum Gasteiger partial charge on any atom is -0.383 e.